The smallest absolute Gasteiger partial charge is 0.0716 e. The quantitative estimate of drug-likeness (QED) is 0.571. The number of aromatic nitrogens is 1. The Bertz CT molecular complexity index is 737. The molecule has 1 unspecified atom stereocenters. The predicted molar refractivity (Wildman–Crippen MR) is 85.1 cm³/mol. The third-order valence-electron chi connectivity index (χ3n) is 3.37. The predicted octanol–water partition coefficient (Wildman–Crippen LogP) is 3.55. The normalized spacial score (nSPS) is 12.5. The van der Waals surface area contributed by atoms with Crippen molar-refractivity contribution < 1.29 is 0 Å². The van der Waals surface area contributed by atoms with Crippen molar-refractivity contribution in [1.29, 1.82) is 0 Å². The zero-order valence-corrected chi connectivity index (χ0v) is 12.3. The number of hydrazine groups is 1. The van der Waals surface area contributed by atoms with E-state index in [1.807, 2.05) is 30.5 Å². The van der Waals surface area contributed by atoms with Crippen molar-refractivity contribution >= 4 is 26.7 Å². The average molecular weight is 328 g/mol. The van der Waals surface area contributed by atoms with Crippen molar-refractivity contribution in [2.45, 2.75) is 6.04 Å². The third-order valence-corrected chi connectivity index (χ3v) is 3.87. The number of pyridine rings is 1. The highest BCUT2D eigenvalue weighted by Gasteiger charge is 2.15. The van der Waals surface area contributed by atoms with Gasteiger partial charge in [-0.2, -0.15) is 0 Å². The molecule has 3 rings (SSSR count). The first-order valence-corrected chi connectivity index (χ1v) is 7.13. The van der Waals surface area contributed by atoms with Gasteiger partial charge in [0, 0.05) is 22.3 Å². The van der Waals surface area contributed by atoms with E-state index in [1.54, 1.807) is 6.20 Å². The molecular formula is C16H14BrN3. The van der Waals surface area contributed by atoms with E-state index in [1.165, 1.54) is 0 Å². The first kappa shape index (κ1) is 13.2. The number of hydrogen-bond donors (Lipinski definition) is 2. The summed E-state index contributed by atoms with van der Waals surface area (Å²) < 4.78 is 1.04. The lowest BCUT2D eigenvalue weighted by Crippen LogP contribution is -2.29. The van der Waals surface area contributed by atoms with Crippen LogP contribution in [0.15, 0.2) is 65.4 Å². The fraction of sp³-hybridized carbons (Fsp3) is 0.0625. The highest BCUT2D eigenvalue weighted by molar-refractivity contribution is 9.10. The molecule has 0 saturated heterocycles. The van der Waals surface area contributed by atoms with Crippen LogP contribution in [0, 0.1) is 0 Å². The minimum absolute atomic E-state index is 0.0569. The van der Waals surface area contributed by atoms with Crippen molar-refractivity contribution in [2.75, 3.05) is 0 Å². The molecule has 3 aromatic rings. The van der Waals surface area contributed by atoms with E-state index in [0.717, 1.165) is 26.4 Å². The minimum atomic E-state index is -0.0569. The number of fused-ring (bicyclic) bond motifs is 1. The van der Waals surface area contributed by atoms with Gasteiger partial charge in [0.15, 0.2) is 0 Å². The number of nitrogens with zero attached hydrogens (tertiary/aromatic N) is 1. The van der Waals surface area contributed by atoms with Crippen molar-refractivity contribution in [3.63, 3.8) is 0 Å². The molecule has 4 heteroatoms. The van der Waals surface area contributed by atoms with Crippen molar-refractivity contribution in [1.82, 2.24) is 10.4 Å². The van der Waals surface area contributed by atoms with Crippen molar-refractivity contribution in [3.05, 3.63) is 76.5 Å². The van der Waals surface area contributed by atoms with E-state index in [2.05, 4.69) is 50.6 Å². The maximum atomic E-state index is 5.80. The monoisotopic (exact) mass is 327 g/mol. The lowest BCUT2D eigenvalue weighted by atomic mass is 9.95. The van der Waals surface area contributed by atoms with E-state index >= 15 is 0 Å². The Morgan fingerprint density at radius 3 is 2.75 bits per heavy atom. The van der Waals surface area contributed by atoms with Gasteiger partial charge in [-0.3, -0.25) is 10.8 Å². The zero-order chi connectivity index (χ0) is 13.9. The molecular weight excluding hydrogens is 314 g/mol. The number of nitrogens with one attached hydrogen (secondary N) is 1. The first-order chi connectivity index (χ1) is 9.79. The third kappa shape index (κ3) is 2.45. The molecule has 100 valence electrons. The van der Waals surface area contributed by atoms with Gasteiger partial charge >= 0.3 is 0 Å². The van der Waals surface area contributed by atoms with Gasteiger partial charge in [0.1, 0.15) is 0 Å². The molecule has 1 aromatic heterocycles. The number of halogens is 1. The minimum Gasteiger partial charge on any atom is -0.271 e. The van der Waals surface area contributed by atoms with E-state index in [9.17, 15) is 0 Å². The Morgan fingerprint density at radius 1 is 1.10 bits per heavy atom. The van der Waals surface area contributed by atoms with Crippen LogP contribution in [-0.4, -0.2) is 4.98 Å². The standard InChI is InChI=1S/C16H14BrN3/c17-13-5-1-3-11(9-13)16(20-18)15-6-2-4-12-10-19-8-7-14(12)15/h1-10,16,20H,18H2. The summed E-state index contributed by atoms with van der Waals surface area (Å²) in [5.74, 6) is 5.80. The highest BCUT2D eigenvalue weighted by atomic mass is 79.9. The molecule has 3 N–H and O–H groups in total. The molecule has 0 aliphatic heterocycles. The van der Waals surface area contributed by atoms with Gasteiger partial charge in [0.2, 0.25) is 0 Å². The highest BCUT2D eigenvalue weighted by Crippen LogP contribution is 2.29. The molecule has 0 aliphatic rings. The second kappa shape index (κ2) is 5.71. The SMILES string of the molecule is NNC(c1cccc(Br)c1)c1cccc2cnccc12. The van der Waals surface area contributed by atoms with Crippen LogP contribution in [0.3, 0.4) is 0 Å². The summed E-state index contributed by atoms with van der Waals surface area (Å²) in [6.45, 7) is 0. The first-order valence-electron chi connectivity index (χ1n) is 6.34. The molecule has 0 amide bonds. The van der Waals surface area contributed by atoms with E-state index < -0.39 is 0 Å². The summed E-state index contributed by atoms with van der Waals surface area (Å²) in [5, 5.41) is 2.27. The van der Waals surface area contributed by atoms with Crippen molar-refractivity contribution in [2.24, 2.45) is 5.84 Å². The van der Waals surface area contributed by atoms with Gasteiger partial charge in [-0.05, 0) is 34.7 Å². The van der Waals surface area contributed by atoms with Crippen LogP contribution < -0.4 is 11.3 Å². The lowest BCUT2D eigenvalue weighted by molar-refractivity contribution is 0.640. The number of benzene rings is 2. The molecule has 1 heterocycles. The van der Waals surface area contributed by atoms with Crippen molar-refractivity contribution in [3.8, 4) is 0 Å². The number of hydrogen-bond acceptors (Lipinski definition) is 3. The second-order valence-corrected chi connectivity index (χ2v) is 5.51. The Kier molecular flexibility index (Phi) is 3.78. The molecule has 2 aromatic carbocycles. The van der Waals surface area contributed by atoms with Crippen LogP contribution in [-0.2, 0) is 0 Å². The fourth-order valence-electron chi connectivity index (χ4n) is 2.45. The van der Waals surface area contributed by atoms with Gasteiger partial charge in [-0.1, -0.05) is 46.3 Å². The zero-order valence-electron chi connectivity index (χ0n) is 10.8. The Labute approximate surface area is 125 Å². The maximum absolute atomic E-state index is 5.80. The summed E-state index contributed by atoms with van der Waals surface area (Å²) >= 11 is 3.50. The molecule has 0 fully saturated rings. The number of rotatable bonds is 3. The van der Waals surface area contributed by atoms with Gasteiger partial charge in [0.05, 0.1) is 6.04 Å². The summed E-state index contributed by atoms with van der Waals surface area (Å²) in [6, 6.07) is 16.3. The molecule has 0 spiro atoms. The van der Waals surface area contributed by atoms with Crippen LogP contribution in [0.4, 0.5) is 0 Å². The summed E-state index contributed by atoms with van der Waals surface area (Å²) in [5.41, 5.74) is 5.17. The summed E-state index contributed by atoms with van der Waals surface area (Å²) in [4.78, 5) is 4.17. The summed E-state index contributed by atoms with van der Waals surface area (Å²) in [6.07, 6.45) is 3.67. The Balaban J connectivity index is 2.17. The molecule has 0 bridgehead atoms. The second-order valence-electron chi connectivity index (χ2n) is 4.60. The van der Waals surface area contributed by atoms with E-state index in [4.69, 9.17) is 5.84 Å². The fourth-order valence-corrected chi connectivity index (χ4v) is 2.87. The molecule has 0 aliphatic carbocycles. The van der Waals surface area contributed by atoms with Gasteiger partial charge < -0.3 is 0 Å². The summed E-state index contributed by atoms with van der Waals surface area (Å²) in [7, 11) is 0. The molecule has 1 atom stereocenters. The maximum Gasteiger partial charge on any atom is 0.0716 e. The van der Waals surface area contributed by atoms with E-state index in [-0.39, 0.29) is 6.04 Å². The Morgan fingerprint density at radius 2 is 1.95 bits per heavy atom. The largest absolute Gasteiger partial charge is 0.271 e. The van der Waals surface area contributed by atoms with Crippen LogP contribution >= 0.6 is 15.9 Å². The molecule has 0 saturated carbocycles. The molecule has 20 heavy (non-hydrogen) atoms. The van der Waals surface area contributed by atoms with Gasteiger partial charge in [-0.15, -0.1) is 0 Å². The molecule has 3 nitrogen and oxygen atoms in total. The number of nitrogens with two attached hydrogens (primary N) is 1. The lowest BCUT2D eigenvalue weighted by Gasteiger charge is -2.19. The topological polar surface area (TPSA) is 50.9 Å². The van der Waals surface area contributed by atoms with E-state index in [0.29, 0.717) is 0 Å². The van der Waals surface area contributed by atoms with Gasteiger partial charge in [-0.25, -0.2) is 5.43 Å². The van der Waals surface area contributed by atoms with Gasteiger partial charge in [0.25, 0.3) is 0 Å². The Hall–Kier alpha value is -1.75. The average Bonchev–Trinajstić information content (AvgIpc) is 2.48. The van der Waals surface area contributed by atoms with Crippen LogP contribution in [0.5, 0.6) is 0 Å². The van der Waals surface area contributed by atoms with Crippen LogP contribution in [0.25, 0.3) is 10.8 Å². The van der Waals surface area contributed by atoms with Crippen LogP contribution in [0.2, 0.25) is 0 Å². The van der Waals surface area contributed by atoms with Crippen LogP contribution in [0.1, 0.15) is 17.2 Å². The molecule has 0 radical (unpaired) electrons.